The summed E-state index contributed by atoms with van der Waals surface area (Å²) in [5.74, 6) is -0.0315. The number of amides is 1. The van der Waals surface area contributed by atoms with Crippen LogP contribution in [0.5, 0.6) is 5.88 Å². The Labute approximate surface area is 180 Å². The highest BCUT2D eigenvalue weighted by Gasteiger charge is 2.27. The molecule has 1 saturated heterocycles. The van der Waals surface area contributed by atoms with E-state index in [0.29, 0.717) is 23.0 Å². The number of hydrogen-bond acceptors (Lipinski definition) is 5. The Hall–Kier alpha value is -2.83. The molecule has 0 unspecified atom stereocenters. The van der Waals surface area contributed by atoms with E-state index in [1.807, 2.05) is 30.3 Å². The molecular formula is C21H20Cl2N4O2. The number of carbonyl (C=O) groups excluding carboxylic acids is 1. The molecule has 1 amide bonds. The summed E-state index contributed by atoms with van der Waals surface area (Å²) in [6.45, 7) is 1.38. The molecule has 1 atom stereocenters. The third-order valence-corrected chi connectivity index (χ3v) is 5.03. The first-order chi connectivity index (χ1) is 13.6. The number of primary amides is 1. The molecule has 1 fully saturated rings. The second kappa shape index (κ2) is 9.11. The second-order valence-electron chi connectivity index (χ2n) is 6.60. The maximum Gasteiger partial charge on any atom is 0.250 e. The van der Waals surface area contributed by atoms with Crippen LogP contribution in [0.3, 0.4) is 0 Å². The van der Waals surface area contributed by atoms with E-state index in [-0.39, 0.29) is 18.5 Å². The molecule has 0 bridgehead atoms. The largest absolute Gasteiger partial charge is 0.471 e. The molecule has 4 rings (SSSR count). The van der Waals surface area contributed by atoms with Gasteiger partial charge in [-0.05, 0) is 35.9 Å². The Balaban J connectivity index is 0.00000240. The molecule has 3 aromatic rings. The molecule has 0 saturated carbocycles. The molecule has 150 valence electrons. The quantitative estimate of drug-likeness (QED) is 0.661. The van der Waals surface area contributed by atoms with Crippen LogP contribution < -0.4 is 15.4 Å². The molecule has 1 aliphatic rings. The lowest BCUT2D eigenvalue weighted by Crippen LogP contribution is -2.27. The molecule has 6 nitrogen and oxygen atoms in total. The van der Waals surface area contributed by atoms with Crippen LogP contribution in [0.2, 0.25) is 5.02 Å². The first-order valence-electron chi connectivity index (χ1n) is 8.98. The van der Waals surface area contributed by atoms with Gasteiger partial charge in [0.25, 0.3) is 5.91 Å². The second-order valence-corrected chi connectivity index (χ2v) is 7.01. The van der Waals surface area contributed by atoms with Crippen LogP contribution in [-0.2, 0) is 0 Å². The van der Waals surface area contributed by atoms with Crippen LogP contribution in [0.1, 0.15) is 16.8 Å². The average Bonchev–Trinajstić information content (AvgIpc) is 3.18. The van der Waals surface area contributed by atoms with Crippen LogP contribution >= 0.6 is 24.0 Å². The van der Waals surface area contributed by atoms with Crippen molar-refractivity contribution in [1.82, 2.24) is 9.97 Å². The minimum Gasteiger partial charge on any atom is -0.471 e. The SMILES string of the molecule is Cl.NC(=O)c1cc(-c2cccnc2)ccc1N1CC[C@@H](Oc2ncccc2Cl)C1. The van der Waals surface area contributed by atoms with Gasteiger partial charge in [-0.3, -0.25) is 9.78 Å². The van der Waals surface area contributed by atoms with Gasteiger partial charge in [-0.25, -0.2) is 4.98 Å². The summed E-state index contributed by atoms with van der Waals surface area (Å²) in [5, 5.41) is 0.486. The van der Waals surface area contributed by atoms with Gasteiger partial charge in [0.1, 0.15) is 11.1 Å². The lowest BCUT2D eigenvalue weighted by atomic mass is 10.0. The van der Waals surface area contributed by atoms with Crippen LogP contribution in [0, 0.1) is 0 Å². The monoisotopic (exact) mass is 430 g/mol. The van der Waals surface area contributed by atoms with E-state index in [4.69, 9.17) is 22.1 Å². The van der Waals surface area contributed by atoms with Crippen molar-refractivity contribution in [2.45, 2.75) is 12.5 Å². The van der Waals surface area contributed by atoms with Crippen molar-refractivity contribution >= 4 is 35.6 Å². The van der Waals surface area contributed by atoms with E-state index in [2.05, 4.69) is 14.9 Å². The van der Waals surface area contributed by atoms with Gasteiger partial charge in [-0.15, -0.1) is 12.4 Å². The Morgan fingerprint density at radius 3 is 2.72 bits per heavy atom. The molecule has 2 aromatic heterocycles. The van der Waals surface area contributed by atoms with Crippen molar-refractivity contribution in [2.75, 3.05) is 18.0 Å². The third kappa shape index (κ3) is 4.60. The number of halogens is 2. The Morgan fingerprint density at radius 1 is 1.17 bits per heavy atom. The molecule has 0 aliphatic carbocycles. The highest BCUT2D eigenvalue weighted by Crippen LogP contribution is 2.31. The summed E-state index contributed by atoms with van der Waals surface area (Å²) < 4.78 is 5.94. The van der Waals surface area contributed by atoms with Crippen LogP contribution in [0.25, 0.3) is 11.1 Å². The predicted molar refractivity (Wildman–Crippen MR) is 116 cm³/mol. The van der Waals surface area contributed by atoms with Gasteiger partial charge in [0.2, 0.25) is 5.88 Å². The summed E-state index contributed by atoms with van der Waals surface area (Å²) >= 11 is 6.13. The summed E-state index contributed by atoms with van der Waals surface area (Å²) in [4.78, 5) is 22.5. The number of hydrogen-bond donors (Lipinski definition) is 1. The van der Waals surface area contributed by atoms with Gasteiger partial charge in [-0.2, -0.15) is 0 Å². The number of benzene rings is 1. The smallest absolute Gasteiger partial charge is 0.250 e. The van der Waals surface area contributed by atoms with Gasteiger partial charge in [-0.1, -0.05) is 23.7 Å². The molecule has 29 heavy (non-hydrogen) atoms. The minimum atomic E-state index is -0.460. The lowest BCUT2D eigenvalue weighted by molar-refractivity contribution is 0.100. The predicted octanol–water partition coefficient (Wildman–Crippen LogP) is 3.98. The zero-order valence-electron chi connectivity index (χ0n) is 15.5. The molecular weight excluding hydrogens is 411 g/mol. The van der Waals surface area contributed by atoms with Gasteiger partial charge < -0.3 is 15.4 Å². The third-order valence-electron chi connectivity index (χ3n) is 4.75. The highest BCUT2D eigenvalue weighted by molar-refractivity contribution is 6.31. The van der Waals surface area contributed by atoms with E-state index in [0.717, 1.165) is 29.8 Å². The van der Waals surface area contributed by atoms with E-state index >= 15 is 0 Å². The summed E-state index contributed by atoms with van der Waals surface area (Å²) in [6.07, 6.45) is 5.86. The summed E-state index contributed by atoms with van der Waals surface area (Å²) in [7, 11) is 0. The van der Waals surface area contributed by atoms with E-state index in [1.165, 1.54) is 0 Å². The molecule has 0 radical (unpaired) electrons. The van der Waals surface area contributed by atoms with Gasteiger partial charge in [0.15, 0.2) is 0 Å². The number of pyridine rings is 2. The van der Waals surface area contributed by atoms with Crippen molar-refractivity contribution in [3.05, 3.63) is 71.6 Å². The van der Waals surface area contributed by atoms with Crippen LogP contribution in [-0.4, -0.2) is 35.1 Å². The normalized spacial score (nSPS) is 15.6. The molecule has 0 spiro atoms. The zero-order chi connectivity index (χ0) is 19.5. The number of anilines is 1. The maximum atomic E-state index is 12.1. The van der Waals surface area contributed by atoms with E-state index in [1.54, 1.807) is 30.7 Å². The summed E-state index contributed by atoms with van der Waals surface area (Å²) in [6, 6.07) is 13.0. The van der Waals surface area contributed by atoms with Crippen LogP contribution in [0.15, 0.2) is 61.1 Å². The topological polar surface area (TPSA) is 81.3 Å². The van der Waals surface area contributed by atoms with Gasteiger partial charge >= 0.3 is 0 Å². The standard InChI is InChI=1S/C21H19ClN4O2.ClH/c22-18-4-2-9-25-21(18)28-16-7-10-26(13-16)19-6-5-14(11-17(19)20(23)27)15-3-1-8-24-12-15;/h1-6,8-9,11-12,16H,7,10,13H2,(H2,23,27);1H/t16-;/m1./s1. The highest BCUT2D eigenvalue weighted by atomic mass is 35.5. The minimum absolute atomic E-state index is 0. The number of nitrogens with zero attached hydrogens (tertiary/aromatic N) is 3. The number of ether oxygens (including phenoxy) is 1. The van der Waals surface area contributed by atoms with Crippen molar-refractivity contribution in [3.63, 3.8) is 0 Å². The Kier molecular flexibility index (Phi) is 6.56. The number of nitrogens with two attached hydrogens (primary N) is 1. The van der Waals surface area contributed by atoms with Crippen molar-refractivity contribution in [2.24, 2.45) is 5.73 Å². The Morgan fingerprint density at radius 2 is 2.00 bits per heavy atom. The molecule has 8 heteroatoms. The van der Waals surface area contributed by atoms with Crippen molar-refractivity contribution < 1.29 is 9.53 Å². The van der Waals surface area contributed by atoms with Gasteiger partial charge in [0, 0.05) is 42.8 Å². The molecule has 1 aromatic carbocycles. The fourth-order valence-corrected chi connectivity index (χ4v) is 3.55. The van der Waals surface area contributed by atoms with Crippen molar-refractivity contribution in [3.8, 4) is 17.0 Å². The van der Waals surface area contributed by atoms with Crippen LogP contribution in [0.4, 0.5) is 5.69 Å². The molecule has 3 heterocycles. The fraction of sp³-hybridized carbons (Fsp3) is 0.190. The van der Waals surface area contributed by atoms with E-state index in [9.17, 15) is 4.79 Å². The Bertz CT molecular complexity index is 1000. The first kappa shape index (κ1) is 20.9. The molecule has 1 aliphatic heterocycles. The van der Waals surface area contributed by atoms with Crippen molar-refractivity contribution in [1.29, 1.82) is 0 Å². The lowest BCUT2D eigenvalue weighted by Gasteiger charge is -2.22. The maximum absolute atomic E-state index is 12.1. The zero-order valence-corrected chi connectivity index (χ0v) is 17.1. The fourth-order valence-electron chi connectivity index (χ4n) is 3.38. The molecule has 2 N–H and O–H groups in total. The number of rotatable bonds is 5. The summed E-state index contributed by atoms with van der Waals surface area (Å²) in [5.41, 5.74) is 8.79. The number of aromatic nitrogens is 2. The van der Waals surface area contributed by atoms with E-state index < -0.39 is 5.91 Å². The number of carbonyl (C=O) groups is 1. The van der Waals surface area contributed by atoms with Gasteiger partial charge in [0.05, 0.1) is 12.1 Å². The average molecular weight is 431 g/mol. The first-order valence-corrected chi connectivity index (χ1v) is 9.36.